The van der Waals surface area contributed by atoms with Gasteiger partial charge in [0.25, 0.3) is 5.91 Å². The molecule has 1 fully saturated rings. The van der Waals surface area contributed by atoms with Crippen molar-refractivity contribution in [1.29, 1.82) is 0 Å². The molecule has 1 unspecified atom stereocenters. The molecule has 0 spiro atoms. The van der Waals surface area contributed by atoms with Crippen LogP contribution in [0.15, 0.2) is 36.4 Å². The minimum absolute atomic E-state index is 0.0224. The van der Waals surface area contributed by atoms with Crippen LogP contribution in [0, 0.1) is 18.2 Å². The van der Waals surface area contributed by atoms with Crippen molar-refractivity contribution in [3.05, 3.63) is 47.8 Å². The number of benzene rings is 2. The molecule has 0 saturated carbocycles. The summed E-state index contributed by atoms with van der Waals surface area (Å²) in [4.78, 5) is 14.5. The maximum atomic E-state index is 13.7. The summed E-state index contributed by atoms with van der Waals surface area (Å²) in [5.41, 5.74) is 1.28. The molecule has 6 heteroatoms. The van der Waals surface area contributed by atoms with Gasteiger partial charge in [0, 0.05) is 30.8 Å². The number of rotatable bonds is 6. The Morgan fingerprint density at radius 2 is 1.90 bits per heavy atom. The van der Waals surface area contributed by atoms with Crippen LogP contribution < -0.4 is 19.1 Å². The molecule has 1 atom stereocenters. The Kier molecular flexibility index (Phi) is 6.01. The summed E-state index contributed by atoms with van der Waals surface area (Å²) in [7, 11) is 1.58. The Morgan fingerprint density at radius 1 is 1.14 bits per heavy atom. The Balaban J connectivity index is 1.72. The highest BCUT2D eigenvalue weighted by atomic mass is 19.1. The zero-order valence-electron chi connectivity index (χ0n) is 17.6. The number of aryl methyl sites for hydroxylation is 1. The SMILES string of the molecule is COc1cc(N2CCC(Oc3ccc(C)c(F)c3)C2=O)ccc1OCC(C)(C)C. The van der Waals surface area contributed by atoms with E-state index in [0.29, 0.717) is 42.4 Å². The summed E-state index contributed by atoms with van der Waals surface area (Å²) in [6, 6.07) is 10.1. The molecule has 1 amide bonds. The summed E-state index contributed by atoms with van der Waals surface area (Å²) < 4.78 is 30.8. The van der Waals surface area contributed by atoms with Gasteiger partial charge in [0.05, 0.1) is 13.7 Å². The zero-order chi connectivity index (χ0) is 21.2. The van der Waals surface area contributed by atoms with Gasteiger partial charge in [-0.1, -0.05) is 26.8 Å². The number of carbonyl (C=O) groups excluding carboxylic acids is 1. The van der Waals surface area contributed by atoms with E-state index in [0.717, 1.165) is 5.69 Å². The zero-order valence-corrected chi connectivity index (χ0v) is 17.6. The standard InChI is InChI=1S/C23H28FNO4/c1-15-6-8-17(13-18(15)24)29-20-10-11-25(22(20)26)16-7-9-19(21(12-16)27-5)28-14-23(2,3)4/h6-9,12-13,20H,10-11,14H2,1-5H3. The van der Waals surface area contributed by atoms with Crippen molar-refractivity contribution in [3.63, 3.8) is 0 Å². The number of methoxy groups -OCH3 is 1. The van der Waals surface area contributed by atoms with Crippen molar-refractivity contribution >= 4 is 11.6 Å². The first-order chi connectivity index (χ1) is 13.7. The van der Waals surface area contributed by atoms with Crippen LogP contribution in [0.3, 0.4) is 0 Å². The molecule has 1 aliphatic heterocycles. The predicted octanol–water partition coefficient (Wildman–Crippen LogP) is 4.75. The molecular formula is C23H28FNO4. The molecule has 5 nitrogen and oxygen atoms in total. The van der Waals surface area contributed by atoms with Crippen LogP contribution in [-0.2, 0) is 4.79 Å². The fourth-order valence-corrected chi connectivity index (χ4v) is 3.07. The lowest BCUT2D eigenvalue weighted by atomic mass is 9.99. The lowest BCUT2D eigenvalue weighted by molar-refractivity contribution is -0.122. The summed E-state index contributed by atoms with van der Waals surface area (Å²) in [5.74, 6) is 1.07. The predicted molar refractivity (Wildman–Crippen MR) is 110 cm³/mol. The van der Waals surface area contributed by atoms with Crippen molar-refractivity contribution in [1.82, 2.24) is 0 Å². The smallest absolute Gasteiger partial charge is 0.268 e. The van der Waals surface area contributed by atoms with E-state index < -0.39 is 6.10 Å². The topological polar surface area (TPSA) is 48.0 Å². The normalized spacial score (nSPS) is 16.8. The molecule has 0 radical (unpaired) electrons. The lowest BCUT2D eigenvalue weighted by Gasteiger charge is -2.22. The second-order valence-corrected chi connectivity index (χ2v) is 8.48. The monoisotopic (exact) mass is 401 g/mol. The molecule has 0 N–H and O–H groups in total. The molecule has 1 saturated heterocycles. The highest BCUT2D eigenvalue weighted by molar-refractivity contribution is 5.99. The molecule has 2 aromatic carbocycles. The highest BCUT2D eigenvalue weighted by Crippen LogP contribution is 2.35. The second-order valence-electron chi connectivity index (χ2n) is 8.48. The number of nitrogens with zero attached hydrogens (tertiary/aromatic N) is 1. The number of hydrogen-bond acceptors (Lipinski definition) is 4. The lowest BCUT2D eigenvalue weighted by Crippen LogP contribution is -2.32. The Labute approximate surface area is 171 Å². The maximum Gasteiger partial charge on any atom is 0.268 e. The van der Waals surface area contributed by atoms with Crippen molar-refractivity contribution < 1.29 is 23.4 Å². The van der Waals surface area contributed by atoms with Crippen LogP contribution >= 0.6 is 0 Å². The summed E-state index contributed by atoms with van der Waals surface area (Å²) >= 11 is 0. The minimum Gasteiger partial charge on any atom is -0.493 e. The van der Waals surface area contributed by atoms with Crippen LogP contribution in [0.1, 0.15) is 32.8 Å². The molecular weight excluding hydrogens is 373 g/mol. The number of carbonyl (C=O) groups is 1. The van der Waals surface area contributed by atoms with Gasteiger partial charge < -0.3 is 19.1 Å². The molecule has 1 heterocycles. The minimum atomic E-state index is -0.639. The maximum absolute atomic E-state index is 13.7. The van der Waals surface area contributed by atoms with Crippen LogP contribution in [-0.4, -0.2) is 32.3 Å². The van der Waals surface area contributed by atoms with E-state index in [1.807, 2.05) is 12.1 Å². The third-order valence-electron chi connectivity index (χ3n) is 4.70. The first-order valence-electron chi connectivity index (χ1n) is 9.73. The Morgan fingerprint density at radius 3 is 2.55 bits per heavy atom. The van der Waals surface area contributed by atoms with Gasteiger partial charge in [0.15, 0.2) is 17.6 Å². The van der Waals surface area contributed by atoms with Gasteiger partial charge in [-0.25, -0.2) is 4.39 Å². The number of amides is 1. The van der Waals surface area contributed by atoms with Gasteiger partial charge in [-0.05, 0) is 36.1 Å². The average molecular weight is 401 g/mol. The number of hydrogen-bond donors (Lipinski definition) is 0. The molecule has 3 rings (SSSR count). The van der Waals surface area contributed by atoms with Gasteiger partial charge in [-0.15, -0.1) is 0 Å². The van der Waals surface area contributed by atoms with E-state index in [1.54, 1.807) is 37.1 Å². The van der Waals surface area contributed by atoms with Crippen molar-refractivity contribution in [2.24, 2.45) is 5.41 Å². The largest absolute Gasteiger partial charge is 0.493 e. The average Bonchev–Trinajstić information content (AvgIpc) is 3.02. The van der Waals surface area contributed by atoms with Crippen LogP contribution in [0.2, 0.25) is 0 Å². The van der Waals surface area contributed by atoms with E-state index in [4.69, 9.17) is 14.2 Å². The third kappa shape index (κ3) is 5.00. The number of ether oxygens (including phenoxy) is 3. The van der Waals surface area contributed by atoms with Gasteiger partial charge >= 0.3 is 0 Å². The van der Waals surface area contributed by atoms with Crippen molar-refractivity contribution in [3.8, 4) is 17.2 Å². The molecule has 156 valence electrons. The van der Waals surface area contributed by atoms with Gasteiger partial charge in [-0.2, -0.15) is 0 Å². The molecule has 0 aromatic heterocycles. The fraction of sp³-hybridized carbons (Fsp3) is 0.435. The highest BCUT2D eigenvalue weighted by Gasteiger charge is 2.34. The van der Waals surface area contributed by atoms with E-state index in [9.17, 15) is 9.18 Å². The molecule has 29 heavy (non-hydrogen) atoms. The summed E-state index contributed by atoms with van der Waals surface area (Å²) in [6.45, 7) is 9.03. The number of halogens is 1. The summed E-state index contributed by atoms with van der Waals surface area (Å²) in [6.07, 6.45) is -0.112. The van der Waals surface area contributed by atoms with Crippen LogP contribution in [0.25, 0.3) is 0 Å². The van der Waals surface area contributed by atoms with E-state index >= 15 is 0 Å². The molecule has 2 aromatic rings. The Hall–Kier alpha value is -2.76. The van der Waals surface area contributed by atoms with Gasteiger partial charge in [0.1, 0.15) is 11.6 Å². The van der Waals surface area contributed by atoms with E-state index in [-0.39, 0.29) is 17.1 Å². The van der Waals surface area contributed by atoms with Crippen molar-refractivity contribution in [2.75, 3.05) is 25.2 Å². The molecule has 1 aliphatic rings. The van der Waals surface area contributed by atoms with Gasteiger partial charge in [0.2, 0.25) is 0 Å². The first-order valence-corrected chi connectivity index (χ1v) is 9.73. The molecule has 0 aliphatic carbocycles. The van der Waals surface area contributed by atoms with Gasteiger partial charge in [-0.3, -0.25) is 4.79 Å². The first kappa shape index (κ1) is 21.0. The third-order valence-corrected chi connectivity index (χ3v) is 4.70. The number of anilines is 1. The summed E-state index contributed by atoms with van der Waals surface area (Å²) in [5, 5.41) is 0. The van der Waals surface area contributed by atoms with E-state index in [1.165, 1.54) is 6.07 Å². The fourth-order valence-electron chi connectivity index (χ4n) is 3.07. The van der Waals surface area contributed by atoms with Crippen molar-refractivity contribution in [2.45, 2.75) is 40.2 Å². The van der Waals surface area contributed by atoms with E-state index in [2.05, 4.69) is 20.8 Å². The molecule has 0 bridgehead atoms. The van der Waals surface area contributed by atoms with Crippen LogP contribution in [0.4, 0.5) is 10.1 Å². The second kappa shape index (κ2) is 8.31. The quantitative estimate of drug-likeness (QED) is 0.701. The van der Waals surface area contributed by atoms with Crippen LogP contribution in [0.5, 0.6) is 17.2 Å². The Bertz CT molecular complexity index is 891.